The Kier molecular flexibility index (Phi) is 12.5. The Morgan fingerprint density at radius 1 is 1.10 bits per heavy atom. The first kappa shape index (κ1) is 34.6. The monoisotopic (exact) mass is 600 g/mol. The van der Waals surface area contributed by atoms with Crippen LogP contribution in [-0.4, -0.2) is 86.0 Å². The lowest BCUT2D eigenvalue weighted by molar-refractivity contribution is -0.193. The first-order valence-electron chi connectivity index (χ1n) is 11.4. The molecule has 1 aliphatic rings. The second-order valence-electron chi connectivity index (χ2n) is 8.55. The van der Waals surface area contributed by atoms with Crippen LogP contribution in [0.5, 0.6) is 0 Å². The van der Waals surface area contributed by atoms with Gasteiger partial charge in [0.05, 0.1) is 6.04 Å². The van der Waals surface area contributed by atoms with Gasteiger partial charge in [0.2, 0.25) is 5.91 Å². The molecule has 2 aromatic heterocycles. The van der Waals surface area contributed by atoms with E-state index in [2.05, 4.69) is 20.8 Å². The molecule has 0 aromatic carbocycles. The number of anilines is 1. The number of carbonyl (C=O) groups is 4. The molecule has 0 bridgehead atoms. The minimum Gasteiger partial charge on any atom is -0.475 e. The van der Waals surface area contributed by atoms with E-state index in [9.17, 15) is 35.9 Å². The van der Waals surface area contributed by atoms with Gasteiger partial charge in [-0.1, -0.05) is 11.2 Å². The summed E-state index contributed by atoms with van der Waals surface area (Å²) >= 11 is 0. The highest BCUT2D eigenvalue weighted by Gasteiger charge is 2.39. The van der Waals surface area contributed by atoms with Crippen LogP contribution in [0.25, 0.3) is 0 Å². The Morgan fingerprint density at radius 3 is 2.10 bits per heavy atom. The summed E-state index contributed by atoms with van der Waals surface area (Å²) in [4.78, 5) is 48.8. The van der Waals surface area contributed by atoms with E-state index in [1.165, 1.54) is 12.3 Å². The number of carbonyl (C=O) groups excluding carboxylic acids is 2. The lowest BCUT2D eigenvalue weighted by atomic mass is 10.1. The van der Waals surface area contributed by atoms with Gasteiger partial charge in [0.25, 0.3) is 5.91 Å². The second kappa shape index (κ2) is 14.8. The summed E-state index contributed by atoms with van der Waals surface area (Å²) < 4.78 is 68.2. The lowest BCUT2D eigenvalue weighted by Gasteiger charge is -2.24. The number of rotatable bonds is 6. The molecule has 2 atom stereocenters. The molecule has 1 saturated heterocycles. The van der Waals surface area contributed by atoms with Crippen molar-refractivity contribution in [1.82, 2.24) is 25.7 Å². The van der Waals surface area contributed by atoms with E-state index in [1.807, 2.05) is 30.9 Å². The van der Waals surface area contributed by atoms with Crippen molar-refractivity contribution in [3.63, 3.8) is 0 Å². The van der Waals surface area contributed by atoms with Crippen LogP contribution < -0.4 is 16.4 Å². The van der Waals surface area contributed by atoms with Crippen LogP contribution in [0.1, 0.15) is 36.3 Å². The molecular weight excluding hydrogens is 574 g/mol. The van der Waals surface area contributed by atoms with Crippen LogP contribution in [0.15, 0.2) is 35.2 Å². The van der Waals surface area contributed by atoms with Crippen molar-refractivity contribution < 1.29 is 60.3 Å². The van der Waals surface area contributed by atoms with E-state index in [0.29, 0.717) is 25.3 Å². The normalized spacial score (nSPS) is 17.0. The number of hydrogen-bond acceptors (Lipinski definition) is 9. The summed E-state index contributed by atoms with van der Waals surface area (Å²) in [5.74, 6) is -5.46. The molecule has 0 spiro atoms. The predicted molar refractivity (Wildman–Crippen MR) is 126 cm³/mol. The highest BCUT2D eigenvalue weighted by Crippen LogP contribution is 2.23. The van der Waals surface area contributed by atoms with Crippen LogP contribution in [0.3, 0.4) is 0 Å². The maximum atomic E-state index is 12.7. The lowest BCUT2D eigenvalue weighted by Crippen LogP contribution is -2.45. The highest BCUT2D eigenvalue weighted by molar-refractivity contribution is 5.92. The van der Waals surface area contributed by atoms with Crippen LogP contribution in [0.2, 0.25) is 0 Å². The van der Waals surface area contributed by atoms with Gasteiger partial charge in [0.1, 0.15) is 12.1 Å². The van der Waals surface area contributed by atoms with Gasteiger partial charge < -0.3 is 31.1 Å². The largest absolute Gasteiger partial charge is 0.490 e. The number of nitrogens with one attached hydrogen (secondary N) is 2. The first-order valence-corrected chi connectivity index (χ1v) is 11.4. The molecule has 0 aliphatic carbocycles. The Bertz CT molecular complexity index is 1150. The first-order chi connectivity index (χ1) is 18.8. The summed E-state index contributed by atoms with van der Waals surface area (Å²) in [7, 11) is 0. The van der Waals surface area contributed by atoms with Gasteiger partial charge in [-0.05, 0) is 26.3 Å². The van der Waals surface area contributed by atoms with Gasteiger partial charge in [0.15, 0.2) is 5.69 Å². The fraction of sp³-hybridized carbons (Fsp3) is 0.455. The maximum Gasteiger partial charge on any atom is 0.490 e. The maximum absolute atomic E-state index is 12.7. The Balaban J connectivity index is 0.000000497. The topological polar surface area (TPSA) is 201 Å². The van der Waals surface area contributed by atoms with Gasteiger partial charge in [-0.15, -0.1) is 0 Å². The Hall–Kier alpha value is -4.42. The molecule has 13 nitrogen and oxygen atoms in total. The zero-order valence-corrected chi connectivity index (χ0v) is 21.4. The molecule has 3 heterocycles. The van der Waals surface area contributed by atoms with Crippen molar-refractivity contribution >= 4 is 29.6 Å². The van der Waals surface area contributed by atoms with Crippen LogP contribution in [0.4, 0.5) is 32.2 Å². The molecule has 19 heteroatoms. The standard InChI is InChI=1S/C18H24N6O3.2C2HF3O2/c1-11(2)21-18(26)15-8-13(22-17(25)14-5-7-27-23-14)10-24(15)9-12-4-3-6-20-16(12)19;2*3-2(4,5)1(6)7/h3-7,11,13,15H,8-10H2,1-2H3,(H2,19,20)(H,21,26)(H,22,25);2*(H,6,7)/t13-,15+;;/m1../s1. The number of aromatic nitrogens is 2. The quantitative estimate of drug-likeness (QED) is 0.303. The number of hydrogen-bond donors (Lipinski definition) is 5. The van der Waals surface area contributed by atoms with Crippen LogP contribution in [0, 0.1) is 0 Å². The Labute approximate surface area is 227 Å². The number of amides is 2. The molecule has 0 saturated carbocycles. The molecular formula is C22H26F6N6O7. The third kappa shape index (κ3) is 12.1. The molecule has 0 unspecified atom stereocenters. The van der Waals surface area contributed by atoms with E-state index >= 15 is 0 Å². The average molecular weight is 600 g/mol. The van der Waals surface area contributed by atoms with Crippen molar-refractivity contribution in [3.05, 3.63) is 41.9 Å². The molecule has 3 rings (SSSR count). The van der Waals surface area contributed by atoms with Gasteiger partial charge in [-0.25, -0.2) is 14.6 Å². The second-order valence-corrected chi connectivity index (χ2v) is 8.55. The number of likely N-dealkylation sites (tertiary alicyclic amines) is 1. The SMILES string of the molecule is CC(C)NC(=O)[C@@H]1C[C@@H](NC(=O)c2ccon2)CN1Cc1cccnc1N.O=C(O)C(F)(F)F.O=C(O)C(F)(F)F. The average Bonchev–Trinajstić information content (AvgIpc) is 3.50. The number of carboxylic acid groups (broad SMARTS) is 2. The third-order valence-electron chi connectivity index (χ3n) is 4.93. The van der Waals surface area contributed by atoms with Gasteiger partial charge in [0, 0.05) is 43.0 Å². The van der Waals surface area contributed by atoms with Gasteiger partial charge in [-0.3, -0.25) is 14.5 Å². The van der Waals surface area contributed by atoms with Crippen molar-refractivity contribution in [2.24, 2.45) is 0 Å². The fourth-order valence-corrected chi connectivity index (χ4v) is 3.23. The summed E-state index contributed by atoms with van der Waals surface area (Å²) in [6.07, 6.45) is -6.69. The number of aliphatic carboxylic acids is 2. The number of halogens is 6. The summed E-state index contributed by atoms with van der Waals surface area (Å²) in [5.41, 5.74) is 7.02. The molecule has 6 N–H and O–H groups in total. The summed E-state index contributed by atoms with van der Waals surface area (Å²) in [5, 5.41) is 23.8. The Morgan fingerprint density at radius 2 is 1.66 bits per heavy atom. The van der Waals surface area contributed by atoms with E-state index in [4.69, 9.17) is 30.1 Å². The van der Waals surface area contributed by atoms with Crippen LogP contribution in [-0.2, 0) is 20.9 Å². The zero-order valence-electron chi connectivity index (χ0n) is 21.4. The van der Waals surface area contributed by atoms with E-state index in [1.54, 1.807) is 6.20 Å². The molecule has 1 fully saturated rings. The molecule has 1 aliphatic heterocycles. The highest BCUT2D eigenvalue weighted by atomic mass is 19.4. The summed E-state index contributed by atoms with van der Waals surface area (Å²) in [6, 6.07) is 4.69. The minimum atomic E-state index is -5.08. The molecule has 2 amide bonds. The number of alkyl halides is 6. The molecule has 41 heavy (non-hydrogen) atoms. The number of nitrogen functional groups attached to an aromatic ring is 1. The van der Waals surface area contributed by atoms with Crippen LogP contribution >= 0.6 is 0 Å². The number of carboxylic acids is 2. The minimum absolute atomic E-state index is 0.0339. The fourth-order valence-electron chi connectivity index (χ4n) is 3.23. The van der Waals surface area contributed by atoms with Crippen molar-refractivity contribution in [3.8, 4) is 0 Å². The number of nitrogens with zero attached hydrogens (tertiary/aromatic N) is 3. The van der Waals surface area contributed by atoms with E-state index in [0.717, 1.165) is 5.56 Å². The van der Waals surface area contributed by atoms with E-state index in [-0.39, 0.29) is 35.6 Å². The number of pyridine rings is 1. The predicted octanol–water partition coefficient (Wildman–Crippen LogP) is 1.82. The van der Waals surface area contributed by atoms with Gasteiger partial charge >= 0.3 is 24.3 Å². The summed E-state index contributed by atoms with van der Waals surface area (Å²) in [6.45, 7) is 4.83. The van der Waals surface area contributed by atoms with Crippen molar-refractivity contribution in [1.29, 1.82) is 0 Å². The third-order valence-corrected chi connectivity index (χ3v) is 4.93. The smallest absolute Gasteiger partial charge is 0.475 e. The molecule has 0 radical (unpaired) electrons. The van der Waals surface area contributed by atoms with Crippen molar-refractivity contribution in [2.45, 2.75) is 57.3 Å². The molecule has 2 aromatic rings. The van der Waals surface area contributed by atoms with Gasteiger partial charge in [-0.2, -0.15) is 26.3 Å². The number of nitrogens with two attached hydrogens (primary N) is 1. The van der Waals surface area contributed by atoms with E-state index < -0.39 is 24.3 Å². The zero-order chi connectivity index (χ0) is 31.5. The molecule has 228 valence electrons. The van der Waals surface area contributed by atoms with Crippen molar-refractivity contribution in [2.75, 3.05) is 12.3 Å².